The quantitative estimate of drug-likeness (QED) is 0.559. The molecule has 0 aliphatic heterocycles. The molecular weight excluding hydrogens is 185 g/mol. The second-order valence-corrected chi connectivity index (χ2v) is 1.11. The van der Waals surface area contributed by atoms with Gasteiger partial charge in [-0.3, -0.25) is 0 Å². The van der Waals surface area contributed by atoms with E-state index >= 15 is 0 Å². The van der Waals surface area contributed by atoms with Crippen LogP contribution in [0.3, 0.4) is 0 Å². The minimum atomic E-state index is -4.07. The summed E-state index contributed by atoms with van der Waals surface area (Å²) in [6.45, 7) is 2.93. The lowest BCUT2D eigenvalue weighted by atomic mass is 10.4. The van der Waals surface area contributed by atoms with Crippen molar-refractivity contribution in [2.45, 2.75) is 12.6 Å². The number of hydrogen-bond donors (Lipinski definition) is 0. The summed E-state index contributed by atoms with van der Waals surface area (Å²) in [6.07, 6.45) is -4.13. The van der Waals surface area contributed by atoms with Crippen molar-refractivity contribution in [2.24, 2.45) is 0 Å². The Balaban J connectivity index is 0. The maximum Gasteiger partial charge on any atom is 0.392 e. The molecule has 0 unspecified atom stereocenters. The summed E-state index contributed by atoms with van der Waals surface area (Å²) in [5.74, 6) is 0. The van der Waals surface area contributed by atoms with Gasteiger partial charge in [-0.1, -0.05) is 6.08 Å². The molecule has 0 aromatic heterocycles. The summed E-state index contributed by atoms with van der Waals surface area (Å²) in [6, 6.07) is 0. The van der Waals surface area contributed by atoms with E-state index in [4.69, 9.17) is 0 Å². The number of alkyl halides is 3. The predicted octanol–water partition coefficient (Wildman–Crippen LogP) is 2.70. The van der Waals surface area contributed by atoms with E-state index in [1.807, 2.05) is 0 Å². The summed E-state index contributed by atoms with van der Waals surface area (Å²) in [5.41, 5.74) is 0. The van der Waals surface area contributed by atoms with Gasteiger partial charge in [-0.2, -0.15) is 13.2 Å². The van der Waals surface area contributed by atoms with Gasteiger partial charge in [-0.05, 0) is 0 Å². The van der Waals surface area contributed by atoms with Crippen LogP contribution < -0.4 is 0 Å². The first-order chi connectivity index (χ1) is 3.06. The monoisotopic (exact) mass is 190 g/mol. The zero-order chi connectivity index (χ0) is 5.91. The molecule has 0 aliphatic carbocycles. The lowest BCUT2D eigenvalue weighted by Crippen LogP contribution is -2.03. The highest BCUT2D eigenvalue weighted by molar-refractivity contribution is 8.93. The average Bonchev–Trinajstić information content (AvgIpc) is 1.30. The second kappa shape index (κ2) is 3.95. The summed E-state index contributed by atoms with van der Waals surface area (Å²) < 4.78 is 33.0. The van der Waals surface area contributed by atoms with Crippen molar-refractivity contribution >= 4 is 17.0 Å². The normalized spacial score (nSPS) is 9.88. The summed E-state index contributed by atoms with van der Waals surface area (Å²) in [7, 11) is 0. The first-order valence-corrected chi connectivity index (χ1v) is 1.74. The van der Waals surface area contributed by atoms with Crippen LogP contribution in [0.5, 0.6) is 0 Å². The fourth-order valence-corrected chi connectivity index (χ4v) is 0.164. The molecule has 0 amide bonds. The Bertz CT molecular complexity index is 66.2. The third-order valence-corrected chi connectivity index (χ3v) is 0.376. The van der Waals surface area contributed by atoms with Crippen LogP contribution in [0.2, 0.25) is 0 Å². The molecular formula is C4H6BrF3. The Morgan fingerprint density at radius 3 is 1.75 bits per heavy atom. The molecule has 0 spiro atoms. The highest BCUT2D eigenvalue weighted by atomic mass is 79.9. The molecule has 0 saturated heterocycles. The maximum atomic E-state index is 11.0. The van der Waals surface area contributed by atoms with Crippen LogP contribution >= 0.6 is 17.0 Å². The molecule has 8 heavy (non-hydrogen) atoms. The van der Waals surface area contributed by atoms with Crippen molar-refractivity contribution in [3.63, 3.8) is 0 Å². The SMILES string of the molecule is Br.C=CCC(F)(F)F. The Hall–Kier alpha value is 0.01000. The van der Waals surface area contributed by atoms with Gasteiger partial charge in [0.25, 0.3) is 0 Å². The number of rotatable bonds is 1. The molecule has 0 aliphatic rings. The van der Waals surface area contributed by atoms with Crippen LogP contribution in [0.15, 0.2) is 12.7 Å². The Kier molecular flexibility index (Phi) is 5.38. The maximum absolute atomic E-state index is 11.0. The van der Waals surface area contributed by atoms with E-state index in [1.165, 1.54) is 0 Å². The fraction of sp³-hybridized carbons (Fsp3) is 0.500. The minimum Gasteiger partial charge on any atom is -0.171 e. The lowest BCUT2D eigenvalue weighted by molar-refractivity contribution is -0.124. The van der Waals surface area contributed by atoms with Crippen LogP contribution in [-0.2, 0) is 0 Å². The van der Waals surface area contributed by atoms with E-state index in [0.29, 0.717) is 0 Å². The van der Waals surface area contributed by atoms with Gasteiger partial charge < -0.3 is 0 Å². The van der Waals surface area contributed by atoms with Gasteiger partial charge in [0.05, 0.1) is 6.42 Å². The molecule has 0 radical (unpaired) electrons. The van der Waals surface area contributed by atoms with Crippen LogP contribution in [0.4, 0.5) is 13.2 Å². The largest absolute Gasteiger partial charge is 0.392 e. The Morgan fingerprint density at radius 2 is 1.75 bits per heavy atom. The topological polar surface area (TPSA) is 0 Å². The van der Waals surface area contributed by atoms with Gasteiger partial charge >= 0.3 is 6.18 Å². The predicted molar refractivity (Wildman–Crippen MR) is 31.2 cm³/mol. The molecule has 0 rings (SSSR count). The van der Waals surface area contributed by atoms with Crippen molar-refractivity contribution in [3.05, 3.63) is 12.7 Å². The minimum absolute atomic E-state index is 0. The van der Waals surface area contributed by atoms with E-state index in [1.54, 1.807) is 0 Å². The van der Waals surface area contributed by atoms with Crippen molar-refractivity contribution < 1.29 is 13.2 Å². The van der Waals surface area contributed by atoms with Gasteiger partial charge in [0.2, 0.25) is 0 Å². The smallest absolute Gasteiger partial charge is 0.171 e. The van der Waals surface area contributed by atoms with Gasteiger partial charge in [0.1, 0.15) is 0 Å². The molecule has 0 nitrogen and oxygen atoms in total. The van der Waals surface area contributed by atoms with Crippen molar-refractivity contribution in [2.75, 3.05) is 0 Å². The molecule has 0 bridgehead atoms. The highest BCUT2D eigenvalue weighted by Gasteiger charge is 2.23. The summed E-state index contributed by atoms with van der Waals surface area (Å²) in [5, 5.41) is 0. The van der Waals surface area contributed by atoms with E-state index in [9.17, 15) is 13.2 Å². The molecule has 0 aromatic carbocycles. The number of allylic oxidation sites excluding steroid dienone is 1. The van der Waals surface area contributed by atoms with Gasteiger partial charge in [0, 0.05) is 0 Å². The average molecular weight is 191 g/mol. The zero-order valence-corrected chi connectivity index (χ0v) is 5.75. The molecule has 0 N–H and O–H groups in total. The van der Waals surface area contributed by atoms with Crippen molar-refractivity contribution in [1.29, 1.82) is 0 Å². The first kappa shape index (κ1) is 10.9. The molecule has 0 atom stereocenters. The van der Waals surface area contributed by atoms with Crippen LogP contribution in [0.1, 0.15) is 6.42 Å². The zero-order valence-electron chi connectivity index (χ0n) is 4.03. The van der Waals surface area contributed by atoms with E-state index in [0.717, 1.165) is 6.08 Å². The highest BCUT2D eigenvalue weighted by Crippen LogP contribution is 2.18. The van der Waals surface area contributed by atoms with E-state index in [-0.39, 0.29) is 17.0 Å². The molecule has 50 valence electrons. The van der Waals surface area contributed by atoms with E-state index in [2.05, 4.69) is 6.58 Å². The third kappa shape index (κ3) is 9.38. The third-order valence-electron chi connectivity index (χ3n) is 0.376. The van der Waals surface area contributed by atoms with Crippen molar-refractivity contribution in [3.8, 4) is 0 Å². The van der Waals surface area contributed by atoms with Crippen LogP contribution in [-0.4, -0.2) is 6.18 Å². The Labute approximate surface area is 56.2 Å². The number of hydrogen-bond acceptors (Lipinski definition) is 0. The Morgan fingerprint density at radius 1 is 1.38 bits per heavy atom. The number of halogens is 4. The fourth-order valence-electron chi connectivity index (χ4n) is 0.164. The standard InChI is InChI=1S/C4H5F3.BrH/c1-2-3-4(5,6)7;/h2H,1,3H2;1H. The van der Waals surface area contributed by atoms with Crippen LogP contribution in [0.25, 0.3) is 0 Å². The first-order valence-electron chi connectivity index (χ1n) is 1.74. The molecule has 0 fully saturated rings. The van der Waals surface area contributed by atoms with Gasteiger partial charge in [0.15, 0.2) is 0 Å². The lowest BCUT2D eigenvalue weighted by Gasteiger charge is -1.97. The van der Waals surface area contributed by atoms with E-state index < -0.39 is 12.6 Å². The summed E-state index contributed by atoms with van der Waals surface area (Å²) in [4.78, 5) is 0. The molecule has 0 heterocycles. The summed E-state index contributed by atoms with van der Waals surface area (Å²) >= 11 is 0. The van der Waals surface area contributed by atoms with Crippen molar-refractivity contribution in [1.82, 2.24) is 0 Å². The molecule has 4 heteroatoms. The molecule has 0 aromatic rings. The van der Waals surface area contributed by atoms with Gasteiger partial charge in [-0.25, -0.2) is 0 Å². The van der Waals surface area contributed by atoms with Gasteiger partial charge in [-0.15, -0.1) is 23.6 Å². The van der Waals surface area contributed by atoms with Crippen LogP contribution in [0, 0.1) is 0 Å². The second-order valence-electron chi connectivity index (χ2n) is 1.11. The molecule has 0 saturated carbocycles.